The molecule has 0 amide bonds. The number of sulfonamides is 1. The fourth-order valence-corrected chi connectivity index (χ4v) is 5.04. The van der Waals surface area contributed by atoms with Crippen LogP contribution in [0.3, 0.4) is 0 Å². The van der Waals surface area contributed by atoms with E-state index in [0.717, 1.165) is 23.9 Å². The lowest BCUT2D eigenvalue weighted by atomic mass is 10.1. The Morgan fingerprint density at radius 1 is 1.48 bits per heavy atom. The fraction of sp³-hybridized carbons (Fsp3) is 0.571. The molecule has 1 atom stereocenters. The molecule has 0 spiro atoms. The maximum absolute atomic E-state index is 13.0. The minimum atomic E-state index is -3.58. The number of ether oxygens (including phenoxy) is 1. The quantitative estimate of drug-likeness (QED) is 0.855. The Morgan fingerprint density at radius 2 is 2.24 bits per heavy atom. The van der Waals surface area contributed by atoms with Crippen molar-refractivity contribution in [2.45, 2.75) is 30.7 Å². The van der Waals surface area contributed by atoms with Crippen molar-refractivity contribution in [3.8, 4) is 5.75 Å². The van der Waals surface area contributed by atoms with Crippen LogP contribution in [0.5, 0.6) is 5.75 Å². The van der Waals surface area contributed by atoms with Gasteiger partial charge in [-0.2, -0.15) is 4.31 Å². The number of nitrogens with zero attached hydrogens (tertiary/aromatic N) is 1. The average molecular weight is 377 g/mol. The maximum Gasteiger partial charge on any atom is 0.247 e. The second-order valence-electron chi connectivity index (χ2n) is 5.00. The molecule has 0 bridgehead atoms. The number of methoxy groups -OCH3 is 1. The lowest BCUT2D eigenvalue weighted by Crippen LogP contribution is -2.48. The molecule has 0 radical (unpaired) electrons. The summed E-state index contributed by atoms with van der Waals surface area (Å²) in [4.78, 5) is 0.215. The summed E-state index contributed by atoms with van der Waals surface area (Å²) < 4.78 is 33.5. The Labute approximate surface area is 134 Å². The molecule has 0 aromatic heterocycles. The Morgan fingerprint density at radius 3 is 2.81 bits per heavy atom. The second-order valence-corrected chi connectivity index (χ2v) is 7.78. The van der Waals surface area contributed by atoms with Crippen LogP contribution in [0.1, 0.15) is 19.8 Å². The smallest absolute Gasteiger partial charge is 0.247 e. The van der Waals surface area contributed by atoms with E-state index in [4.69, 9.17) is 4.74 Å². The molecule has 118 valence electrons. The molecule has 2 rings (SSSR count). The van der Waals surface area contributed by atoms with Gasteiger partial charge in [0.15, 0.2) is 0 Å². The predicted octanol–water partition coefficient (Wildman–Crippen LogP) is 2.22. The standard InChI is InChI=1S/C14H21BrN2O3S/c1-3-17(12-5-4-8-16-10-12)21(18,19)14-9-11(15)6-7-13(14)20-2/h6-7,9,12,16H,3-5,8,10H2,1-2H3. The minimum Gasteiger partial charge on any atom is -0.495 e. The van der Waals surface area contributed by atoms with Crippen LogP contribution in [0.2, 0.25) is 0 Å². The number of benzene rings is 1. The molecule has 1 aliphatic rings. The summed E-state index contributed by atoms with van der Waals surface area (Å²) in [6.07, 6.45) is 1.88. The topological polar surface area (TPSA) is 58.6 Å². The van der Waals surface area contributed by atoms with Gasteiger partial charge in [0.05, 0.1) is 7.11 Å². The molecule has 1 aromatic rings. The Hall–Kier alpha value is -0.630. The van der Waals surface area contributed by atoms with Crippen molar-refractivity contribution in [2.75, 3.05) is 26.7 Å². The molecule has 21 heavy (non-hydrogen) atoms. The molecule has 5 nitrogen and oxygen atoms in total. The molecule has 1 N–H and O–H groups in total. The number of hydrogen-bond acceptors (Lipinski definition) is 4. The normalized spacial score (nSPS) is 19.7. The van der Waals surface area contributed by atoms with Crippen LogP contribution in [-0.2, 0) is 10.0 Å². The monoisotopic (exact) mass is 376 g/mol. The number of piperidine rings is 1. The molecule has 1 heterocycles. The van der Waals surface area contributed by atoms with Gasteiger partial charge >= 0.3 is 0 Å². The Bertz CT molecular complexity index is 586. The highest BCUT2D eigenvalue weighted by Gasteiger charge is 2.33. The van der Waals surface area contributed by atoms with Gasteiger partial charge in [0, 0.05) is 23.6 Å². The molecular formula is C14H21BrN2O3S. The van der Waals surface area contributed by atoms with Gasteiger partial charge in [0.2, 0.25) is 10.0 Å². The van der Waals surface area contributed by atoms with E-state index in [1.54, 1.807) is 22.5 Å². The molecular weight excluding hydrogens is 356 g/mol. The second kappa shape index (κ2) is 7.09. The zero-order valence-electron chi connectivity index (χ0n) is 12.3. The van der Waals surface area contributed by atoms with Crippen LogP contribution in [0, 0.1) is 0 Å². The molecule has 1 saturated heterocycles. The van der Waals surface area contributed by atoms with Crippen molar-refractivity contribution in [3.05, 3.63) is 22.7 Å². The van der Waals surface area contributed by atoms with Gasteiger partial charge in [-0.05, 0) is 37.6 Å². The van der Waals surface area contributed by atoms with E-state index < -0.39 is 10.0 Å². The first-order chi connectivity index (χ1) is 10.0. The highest BCUT2D eigenvalue weighted by molar-refractivity contribution is 9.10. The lowest BCUT2D eigenvalue weighted by molar-refractivity contribution is 0.273. The van der Waals surface area contributed by atoms with Gasteiger partial charge in [-0.15, -0.1) is 0 Å². The summed E-state index contributed by atoms with van der Waals surface area (Å²) in [6.45, 7) is 3.97. The Balaban J connectivity index is 2.41. The van der Waals surface area contributed by atoms with E-state index in [1.165, 1.54) is 7.11 Å². The highest BCUT2D eigenvalue weighted by atomic mass is 79.9. The van der Waals surface area contributed by atoms with E-state index in [1.807, 2.05) is 6.92 Å². The van der Waals surface area contributed by atoms with Crippen molar-refractivity contribution in [3.63, 3.8) is 0 Å². The van der Waals surface area contributed by atoms with Crippen LogP contribution in [0.4, 0.5) is 0 Å². The molecule has 1 unspecified atom stereocenters. The summed E-state index contributed by atoms with van der Waals surface area (Å²) in [6, 6.07) is 5.05. The summed E-state index contributed by atoms with van der Waals surface area (Å²) in [5.41, 5.74) is 0. The van der Waals surface area contributed by atoms with Crippen molar-refractivity contribution >= 4 is 26.0 Å². The maximum atomic E-state index is 13.0. The number of halogens is 1. The third-order valence-corrected chi connectivity index (χ3v) is 6.24. The molecule has 0 aliphatic carbocycles. The van der Waals surface area contributed by atoms with E-state index in [0.29, 0.717) is 18.8 Å². The van der Waals surface area contributed by atoms with Crippen LogP contribution >= 0.6 is 15.9 Å². The minimum absolute atomic E-state index is 0.00237. The number of nitrogens with one attached hydrogen (secondary N) is 1. The zero-order chi connectivity index (χ0) is 15.5. The summed E-state index contributed by atoms with van der Waals surface area (Å²) in [5.74, 6) is 0.375. The van der Waals surface area contributed by atoms with Crippen LogP contribution in [0.15, 0.2) is 27.6 Å². The van der Waals surface area contributed by atoms with Gasteiger partial charge in [0.25, 0.3) is 0 Å². The third kappa shape index (κ3) is 3.59. The summed E-state index contributed by atoms with van der Waals surface area (Å²) in [7, 11) is -2.09. The van der Waals surface area contributed by atoms with Gasteiger partial charge in [0.1, 0.15) is 10.6 Å². The van der Waals surface area contributed by atoms with Crippen molar-refractivity contribution in [2.24, 2.45) is 0 Å². The SMILES string of the molecule is CCN(C1CCCNC1)S(=O)(=O)c1cc(Br)ccc1OC. The van der Waals surface area contributed by atoms with Gasteiger partial charge < -0.3 is 10.1 Å². The Kier molecular flexibility index (Phi) is 5.65. The summed E-state index contributed by atoms with van der Waals surface area (Å²) >= 11 is 3.33. The fourth-order valence-electron chi connectivity index (χ4n) is 2.68. The van der Waals surface area contributed by atoms with Gasteiger partial charge in [-0.1, -0.05) is 22.9 Å². The van der Waals surface area contributed by atoms with Crippen molar-refractivity contribution in [1.82, 2.24) is 9.62 Å². The van der Waals surface area contributed by atoms with Crippen LogP contribution in [-0.4, -0.2) is 45.5 Å². The van der Waals surface area contributed by atoms with E-state index in [9.17, 15) is 8.42 Å². The molecule has 7 heteroatoms. The van der Waals surface area contributed by atoms with E-state index >= 15 is 0 Å². The number of rotatable bonds is 5. The molecule has 0 saturated carbocycles. The third-order valence-electron chi connectivity index (χ3n) is 3.70. The van der Waals surface area contributed by atoms with Crippen molar-refractivity contribution < 1.29 is 13.2 Å². The zero-order valence-corrected chi connectivity index (χ0v) is 14.7. The number of likely N-dealkylation sites (N-methyl/N-ethyl adjacent to an activating group) is 1. The van der Waals surface area contributed by atoms with E-state index in [-0.39, 0.29) is 10.9 Å². The molecule has 1 aromatic carbocycles. The first kappa shape index (κ1) is 16.7. The first-order valence-corrected chi connectivity index (χ1v) is 9.30. The van der Waals surface area contributed by atoms with Crippen LogP contribution < -0.4 is 10.1 Å². The van der Waals surface area contributed by atoms with Crippen molar-refractivity contribution in [1.29, 1.82) is 0 Å². The average Bonchev–Trinajstić information content (AvgIpc) is 2.49. The first-order valence-electron chi connectivity index (χ1n) is 7.06. The largest absolute Gasteiger partial charge is 0.495 e. The molecule has 1 aliphatic heterocycles. The lowest BCUT2D eigenvalue weighted by Gasteiger charge is -2.33. The number of hydrogen-bond donors (Lipinski definition) is 1. The predicted molar refractivity (Wildman–Crippen MR) is 86.2 cm³/mol. The van der Waals surface area contributed by atoms with Gasteiger partial charge in [-0.3, -0.25) is 0 Å². The van der Waals surface area contributed by atoms with E-state index in [2.05, 4.69) is 21.2 Å². The summed E-state index contributed by atoms with van der Waals surface area (Å²) in [5, 5.41) is 3.27. The highest BCUT2D eigenvalue weighted by Crippen LogP contribution is 2.31. The van der Waals surface area contributed by atoms with Crippen LogP contribution in [0.25, 0.3) is 0 Å². The molecule has 1 fully saturated rings. The van der Waals surface area contributed by atoms with Gasteiger partial charge in [-0.25, -0.2) is 8.42 Å².